The number of ether oxygens (including phenoxy) is 4. The van der Waals surface area contributed by atoms with Crippen LogP contribution in [0, 0.1) is 26.7 Å². The molecule has 0 heterocycles. The fraction of sp³-hybridized carbons (Fsp3) is 0.297. The van der Waals surface area contributed by atoms with Crippen LogP contribution < -0.4 is 0 Å². The predicted octanol–water partition coefficient (Wildman–Crippen LogP) is 7.29. The second-order valence-electron chi connectivity index (χ2n) is 11.3. The van der Waals surface area contributed by atoms with E-state index in [0.717, 1.165) is 33.4 Å². The Bertz CT molecular complexity index is 1590. The molecule has 0 bridgehead atoms. The van der Waals surface area contributed by atoms with Crippen molar-refractivity contribution >= 4 is 11.9 Å². The number of methoxy groups -OCH3 is 2. The standard InChI is InChI=1S/C37H38O6/c1-23-15-19-27(20-16-23)35(38)42-33-26(4)32(40-5)29-12-8-10-14-31(29)37(41-6,30-13-9-7-11-25(30)3)34(33)43-36(39)28-21-17-24(2)18-22-28/h7-22,26,32-34H,1-6H3/t26?,32-,33+,34+,37-/m0/s1. The van der Waals surface area contributed by atoms with E-state index in [4.69, 9.17) is 18.9 Å². The molecule has 6 nitrogen and oxygen atoms in total. The average Bonchev–Trinajstić information content (AvgIpc) is 3.09. The van der Waals surface area contributed by atoms with E-state index in [1.807, 2.05) is 100 Å². The number of rotatable bonds is 7. The van der Waals surface area contributed by atoms with Crippen LogP contribution in [-0.4, -0.2) is 38.4 Å². The Labute approximate surface area is 253 Å². The summed E-state index contributed by atoms with van der Waals surface area (Å²) in [6.45, 7) is 7.86. The van der Waals surface area contributed by atoms with Gasteiger partial charge >= 0.3 is 11.9 Å². The van der Waals surface area contributed by atoms with Crippen LogP contribution in [0.25, 0.3) is 0 Å². The van der Waals surface area contributed by atoms with Crippen molar-refractivity contribution < 1.29 is 28.5 Å². The molecule has 0 amide bonds. The van der Waals surface area contributed by atoms with Crippen LogP contribution in [-0.2, 0) is 24.5 Å². The lowest BCUT2D eigenvalue weighted by atomic mass is 9.76. The summed E-state index contributed by atoms with van der Waals surface area (Å²) in [5, 5.41) is 0. The zero-order valence-corrected chi connectivity index (χ0v) is 25.5. The lowest BCUT2D eigenvalue weighted by molar-refractivity contribution is -0.150. The van der Waals surface area contributed by atoms with Crippen molar-refractivity contribution in [2.24, 2.45) is 5.92 Å². The summed E-state index contributed by atoms with van der Waals surface area (Å²) in [5.74, 6) is -1.50. The minimum absolute atomic E-state index is 0.387. The van der Waals surface area contributed by atoms with Crippen LogP contribution in [0.5, 0.6) is 0 Å². The van der Waals surface area contributed by atoms with Crippen LogP contribution in [0.15, 0.2) is 97.1 Å². The molecule has 4 aromatic rings. The number of aryl methyl sites for hydroxylation is 3. The van der Waals surface area contributed by atoms with Crippen LogP contribution in [0.2, 0.25) is 0 Å². The van der Waals surface area contributed by atoms with Crippen LogP contribution in [0.3, 0.4) is 0 Å². The Morgan fingerprint density at radius 1 is 0.651 bits per heavy atom. The highest BCUT2D eigenvalue weighted by Crippen LogP contribution is 2.51. The van der Waals surface area contributed by atoms with Crippen LogP contribution >= 0.6 is 0 Å². The zero-order chi connectivity index (χ0) is 30.7. The summed E-state index contributed by atoms with van der Waals surface area (Å²) >= 11 is 0. The van der Waals surface area contributed by atoms with Gasteiger partial charge in [-0.25, -0.2) is 9.59 Å². The highest BCUT2D eigenvalue weighted by atomic mass is 16.6. The van der Waals surface area contributed by atoms with Gasteiger partial charge in [-0.05, 0) is 67.3 Å². The lowest BCUT2D eigenvalue weighted by Gasteiger charge is -2.43. The number of carbonyl (C=O) groups is 2. The average molecular weight is 579 g/mol. The number of benzene rings is 4. The van der Waals surface area contributed by atoms with Gasteiger partial charge in [0.05, 0.1) is 17.2 Å². The molecule has 1 aliphatic carbocycles. The van der Waals surface area contributed by atoms with Gasteiger partial charge in [-0.3, -0.25) is 0 Å². The van der Waals surface area contributed by atoms with Gasteiger partial charge in [0.15, 0.2) is 11.7 Å². The van der Waals surface area contributed by atoms with E-state index in [1.54, 1.807) is 38.5 Å². The molecule has 222 valence electrons. The summed E-state index contributed by atoms with van der Waals surface area (Å²) in [6, 6.07) is 30.1. The van der Waals surface area contributed by atoms with E-state index >= 15 is 0 Å². The fourth-order valence-electron chi connectivity index (χ4n) is 6.24. The van der Waals surface area contributed by atoms with E-state index in [9.17, 15) is 9.59 Å². The summed E-state index contributed by atoms with van der Waals surface area (Å²) in [7, 11) is 3.24. The summed E-state index contributed by atoms with van der Waals surface area (Å²) in [6.07, 6.45) is -2.54. The van der Waals surface area contributed by atoms with Crippen molar-refractivity contribution in [2.45, 2.75) is 51.6 Å². The second kappa shape index (κ2) is 12.5. The molecule has 1 unspecified atom stereocenters. The van der Waals surface area contributed by atoms with Gasteiger partial charge in [0.1, 0.15) is 6.10 Å². The molecule has 5 rings (SSSR count). The maximum absolute atomic E-state index is 13.9. The quantitative estimate of drug-likeness (QED) is 0.169. The topological polar surface area (TPSA) is 71.1 Å². The van der Waals surface area contributed by atoms with E-state index in [-0.39, 0.29) is 0 Å². The summed E-state index contributed by atoms with van der Waals surface area (Å²) in [5.41, 5.74) is 4.86. The third-order valence-electron chi connectivity index (χ3n) is 8.54. The molecular weight excluding hydrogens is 540 g/mol. The van der Waals surface area contributed by atoms with Crippen molar-refractivity contribution in [3.05, 3.63) is 142 Å². The van der Waals surface area contributed by atoms with Gasteiger partial charge in [0.2, 0.25) is 0 Å². The molecule has 43 heavy (non-hydrogen) atoms. The van der Waals surface area contributed by atoms with Crippen molar-refractivity contribution in [2.75, 3.05) is 14.2 Å². The minimum Gasteiger partial charge on any atom is -0.454 e. The van der Waals surface area contributed by atoms with Crippen molar-refractivity contribution in [1.29, 1.82) is 0 Å². The predicted molar refractivity (Wildman–Crippen MR) is 165 cm³/mol. The van der Waals surface area contributed by atoms with Crippen molar-refractivity contribution in [1.82, 2.24) is 0 Å². The lowest BCUT2D eigenvalue weighted by Crippen LogP contribution is -2.54. The molecule has 6 heteroatoms. The number of carbonyl (C=O) groups excluding carboxylic acids is 2. The third kappa shape index (κ3) is 5.61. The highest BCUT2D eigenvalue weighted by Gasteiger charge is 2.57. The number of esters is 2. The van der Waals surface area contributed by atoms with E-state index in [1.165, 1.54) is 0 Å². The Kier molecular flexibility index (Phi) is 8.81. The molecule has 0 saturated carbocycles. The van der Waals surface area contributed by atoms with Gasteiger partial charge < -0.3 is 18.9 Å². The maximum Gasteiger partial charge on any atom is 0.338 e. The molecule has 0 radical (unpaired) electrons. The molecule has 0 N–H and O–H groups in total. The van der Waals surface area contributed by atoms with Gasteiger partial charge in [-0.2, -0.15) is 0 Å². The molecule has 1 aliphatic rings. The Balaban J connectivity index is 1.76. The third-order valence-corrected chi connectivity index (χ3v) is 8.54. The zero-order valence-electron chi connectivity index (χ0n) is 25.5. The smallest absolute Gasteiger partial charge is 0.338 e. The molecular formula is C37H38O6. The number of hydrogen-bond donors (Lipinski definition) is 0. The first-order chi connectivity index (χ1) is 20.7. The molecule has 0 aromatic heterocycles. The van der Waals surface area contributed by atoms with Crippen molar-refractivity contribution in [3.8, 4) is 0 Å². The second-order valence-corrected chi connectivity index (χ2v) is 11.3. The summed E-state index contributed by atoms with van der Waals surface area (Å²) < 4.78 is 25.6. The molecule has 0 spiro atoms. The van der Waals surface area contributed by atoms with Gasteiger partial charge in [0.25, 0.3) is 0 Å². The van der Waals surface area contributed by atoms with E-state index in [0.29, 0.717) is 11.1 Å². The van der Waals surface area contributed by atoms with E-state index < -0.39 is 41.8 Å². The highest BCUT2D eigenvalue weighted by molar-refractivity contribution is 5.90. The molecule has 0 aliphatic heterocycles. The first kappa shape index (κ1) is 30.2. The van der Waals surface area contributed by atoms with Gasteiger partial charge in [-0.1, -0.05) is 90.8 Å². The van der Waals surface area contributed by atoms with Gasteiger partial charge in [0, 0.05) is 20.1 Å². The van der Waals surface area contributed by atoms with Crippen LogP contribution in [0.1, 0.15) is 67.1 Å². The maximum atomic E-state index is 13.9. The normalized spacial score (nSPS) is 23.1. The Morgan fingerprint density at radius 3 is 1.70 bits per heavy atom. The molecule has 0 saturated heterocycles. The number of hydrogen-bond acceptors (Lipinski definition) is 6. The minimum atomic E-state index is -1.35. The summed E-state index contributed by atoms with van der Waals surface area (Å²) in [4.78, 5) is 27.7. The fourth-order valence-corrected chi connectivity index (χ4v) is 6.24. The Hall–Kier alpha value is -4.26. The van der Waals surface area contributed by atoms with Gasteiger partial charge in [-0.15, -0.1) is 0 Å². The van der Waals surface area contributed by atoms with E-state index in [2.05, 4.69) is 0 Å². The van der Waals surface area contributed by atoms with Crippen molar-refractivity contribution in [3.63, 3.8) is 0 Å². The molecule has 4 aromatic carbocycles. The number of fused-ring (bicyclic) bond motifs is 1. The monoisotopic (exact) mass is 578 g/mol. The molecule has 0 fully saturated rings. The van der Waals surface area contributed by atoms with Crippen LogP contribution in [0.4, 0.5) is 0 Å². The first-order valence-corrected chi connectivity index (χ1v) is 14.5. The molecule has 5 atom stereocenters. The first-order valence-electron chi connectivity index (χ1n) is 14.5. The largest absolute Gasteiger partial charge is 0.454 e. The SMILES string of the molecule is CO[C@@H]1c2ccccc2[C@@](OC)(c2ccccc2C)[C@H](OC(=O)c2ccc(C)cc2)[C@H](OC(=O)c2ccc(C)cc2)C1C. The Morgan fingerprint density at radius 2 is 1.16 bits per heavy atom.